The second-order valence-electron chi connectivity index (χ2n) is 5.03. The monoisotopic (exact) mass is 290 g/mol. The van der Waals surface area contributed by atoms with Gasteiger partial charge in [-0.2, -0.15) is 0 Å². The van der Waals surface area contributed by atoms with E-state index in [0.29, 0.717) is 5.69 Å². The molecular weight excluding hydrogens is 278 g/mol. The van der Waals surface area contributed by atoms with Crippen molar-refractivity contribution in [2.24, 2.45) is 0 Å². The van der Waals surface area contributed by atoms with Gasteiger partial charge in [-0.15, -0.1) is 0 Å². The molecule has 0 spiro atoms. The number of halogens is 2. The third-order valence-corrected chi connectivity index (χ3v) is 3.62. The molecule has 21 heavy (non-hydrogen) atoms. The molecule has 1 aliphatic rings. The number of nitrogens with one attached hydrogen (secondary N) is 1. The Balaban J connectivity index is 1.88. The van der Waals surface area contributed by atoms with Crippen LogP contribution >= 0.6 is 0 Å². The van der Waals surface area contributed by atoms with Gasteiger partial charge in [0.05, 0.1) is 17.0 Å². The first-order valence-electron chi connectivity index (χ1n) is 6.53. The molecule has 1 aliphatic carbocycles. The molecule has 3 rings (SSSR count). The van der Waals surface area contributed by atoms with Gasteiger partial charge in [-0.25, -0.2) is 8.78 Å². The summed E-state index contributed by atoms with van der Waals surface area (Å²) in [4.78, 5) is 10.1. The molecule has 0 fully saturated rings. The van der Waals surface area contributed by atoms with Gasteiger partial charge in [0, 0.05) is 11.8 Å². The van der Waals surface area contributed by atoms with E-state index in [4.69, 9.17) is 0 Å². The Morgan fingerprint density at radius 3 is 2.71 bits per heavy atom. The molecule has 0 saturated carbocycles. The summed E-state index contributed by atoms with van der Waals surface area (Å²) >= 11 is 0. The zero-order valence-electron chi connectivity index (χ0n) is 11.0. The van der Waals surface area contributed by atoms with Crippen LogP contribution in [0.2, 0.25) is 0 Å². The molecule has 0 radical (unpaired) electrons. The van der Waals surface area contributed by atoms with Crippen LogP contribution in [0, 0.1) is 21.7 Å². The second kappa shape index (κ2) is 5.12. The summed E-state index contributed by atoms with van der Waals surface area (Å²) in [6, 6.07) is 7.87. The quantitative estimate of drug-likeness (QED) is 0.687. The molecule has 1 unspecified atom stereocenters. The van der Waals surface area contributed by atoms with Crippen molar-refractivity contribution >= 4 is 11.4 Å². The van der Waals surface area contributed by atoms with E-state index in [1.54, 1.807) is 6.07 Å². The average molecular weight is 290 g/mol. The Morgan fingerprint density at radius 1 is 1.14 bits per heavy atom. The van der Waals surface area contributed by atoms with E-state index in [1.165, 1.54) is 24.3 Å². The van der Waals surface area contributed by atoms with Crippen LogP contribution < -0.4 is 5.32 Å². The number of nitro groups is 1. The van der Waals surface area contributed by atoms with Crippen molar-refractivity contribution < 1.29 is 13.7 Å². The highest BCUT2D eigenvalue weighted by molar-refractivity contribution is 5.54. The molecule has 0 heterocycles. The van der Waals surface area contributed by atoms with Crippen LogP contribution in [0.5, 0.6) is 0 Å². The van der Waals surface area contributed by atoms with Gasteiger partial charge < -0.3 is 5.32 Å². The summed E-state index contributed by atoms with van der Waals surface area (Å²) in [5, 5.41) is 13.8. The van der Waals surface area contributed by atoms with Gasteiger partial charge in [0.25, 0.3) is 5.69 Å². The number of rotatable bonds is 3. The highest BCUT2D eigenvalue weighted by Crippen LogP contribution is 2.35. The van der Waals surface area contributed by atoms with E-state index in [0.717, 1.165) is 30.0 Å². The highest BCUT2D eigenvalue weighted by atomic mass is 19.1. The number of hydrogen-bond acceptors (Lipinski definition) is 3. The molecule has 0 aliphatic heterocycles. The average Bonchev–Trinajstić information content (AvgIpc) is 2.80. The van der Waals surface area contributed by atoms with E-state index < -0.39 is 10.7 Å². The maximum atomic E-state index is 13.4. The molecule has 1 atom stereocenters. The summed E-state index contributed by atoms with van der Waals surface area (Å²) in [5.41, 5.74) is 1.92. The van der Waals surface area contributed by atoms with Crippen molar-refractivity contribution in [3.8, 4) is 0 Å². The third-order valence-electron chi connectivity index (χ3n) is 3.62. The maximum absolute atomic E-state index is 13.4. The van der Waals surface area contributed by atoms with Crippen molar-refractivity contribution in [1.82, 2.24) is 0 Å². The van der Waals surface area contributed by atoms with Crippen LogP contribution in [0.25, 0.3) is 0 Å². The van der Waals surface area contributed by atoms with E-state index >= 15 is 0 Å². The molecule has 1 N–H and O–H groups in total. The minimum atomic E-state index is -0.663. The SMILES string of the molecule is O=[N+]([O-])c1cc(F)cc(NC2CCc3cc(F)ccc32)c1. The fraction of sp³-hybridized carbons (Fsp3) is 0.200. The van der Waals surface area contributed by atoms with E-state index in [2.05, 4.69) is 5.32 Å². The van der Waals surface area contributed by atoms with Crippen molar-refractivity contribution in [3.05, 3.63) is 69.3 Å². The molecule has 0 aromatic heterocycles. The van der Waals surface area contributed by atoms with Gasteiger partial charge in [0.2, 0.25) is 0 Å². The number of benzene rings is 2. The minimum Gasteiger partial charge on any atom is -0.378 e. The number of aryl methyl sites for hydroxylation is 1. The lowest BCUT2D eigenvalue weighted by Crippen LogP contribution is -2.07. The predicted octanol–water partition coefficient (Wildman–Crippen LogP) is 3.97. The standard InChI is InChI=1S/C15H12F2N2O2/c16-10-2-3-14-9(5-10)1-4-15(14)18-12-6-11(17)7-13(8-12)19(20)21/h2-3,5-8,15,18H,1,4H2. The second-order valence-corrected chi connectivity index (χ2v) is 5.03. The summed E-state index contributed by atoms with van der Waals surface area (Å²) in [5.74, 6) is -0.945. The fourth-order valence-electron chi connectivity index (χ4n) is 2.70. The summed E-state index contributed by atoms with van der Waals surface area (Å²) in [6.45, 7) is 0. The van der Waals surface area contributed by atoms with Crippen molar-refractivity contribution in [3.63, 3.8) is 0 Å². The molecule has 2 aromatic rings. The number of nitro benzene ring substituents is 1. The van der Waals surface area contributed by atoms with Crippen molar-refractivity contribution in [2.45, 2.75) is 18.9 Å². The minimum absolute atomic E-state index is 0.0954. The molecule has 0 saturated heterocycles. The number of fused-ring (bicyclic) bond motifs is 1. The summed E-state index contributed by atoms with van der Waals surface area (Å²) < 4.78 is 26.6. The molecular formula is C15H12F2N2O2. The van der Waals surface area contributed by atoms with Gasteiger partial charge in [0.15, 0.2) is 0 Å². The van der Waals surface area contributed by atoms with Crippen LogP contribution in [-0.4, -0.2) is 4.92 Å². The number of nitrogens with zero attached hydrogens (tertiary/aromatic N) is 1. The highest BCUT2D eigenvalue weighted by Gasteiger charge is 2.23. The Hall–Kier alpha value is -2.50. The normalized spacial score (nSPS) is 16.6. The van der Waals surface area contributed by atoms with Crippen LogP contribution in [0.4, 0.5) is 20.2 Å². The Kier molecular flexibility index (Phi) is 3.29. The van der Waals surface area contributed by atoms with Crippen molar-refractivity contribution in [1.29, 1.82) is 0 Å². The molecule has 0 bridgehead atoms. The topological polar surface area (TPSA) is 55.2 Å². The smallest absolute Gasteiger partial charge is 0.274 e. The Bertz CT molecular complexity index is 719. The third kappa shape index (κ3) is 2.69. The number of non-ortho nitro benzene ring substituents is 1. The van der Waals surface area contributed by atoms with Gasteiger partial charge in [0.1, 0.15) is 11.6 Å². The van der Waals surface area contributed by atoms with Crippen LogP contribution in [0.15, 0.2) is 36.4 Å². The molecule has 4 nitrogen and oxygen atoms in total. The fourth-order valence-corrected chi connectivity index (χ4v) is 2.70. The van der Waals surface area contributed by atoms with Gasteiger partial charge in [-0.3, -0.25) is 10.1 Å². The molecule has 2 aromatic carbocycles. The number of hydrogen-bond donors (Lipinski definition) is 1. The molecule has 6 heteroatoms. The zero-order chi connectivity index (χ0) is 15.0. The first-order chi connectivity index (χ1) is 10.0. The lowest BCUT2D eigenvalue weighted by Gasteiger charge is -2.15. The van der Waals surface area contributed by atoms with Crippen LogP contribution in [0.1, 0.15) is 23.6 Å². The lowest BCUT2D eigenvalue weighted by atomic mass is 10.1. The van der Waals surface area contributed by atoms with E-state index in [9.17, 15) is 18.9 Å². The first-order valence-corrected chi connectivity index (χ1v) is 6.53. The molecule has 0 amide bonds. The Morgan fingerprint density at radius 2 is 1.95 bits per heavy atom. The van der Waals surface area contributed by atoms with Crippen LogP contribution in [0.3, 0.4) is 0 Å². The van der Waals surface area contributed by atoms with Crippen LogP contribution in [-0.2, 0) is 6.42 Å². The lowest BCUT2D eigenvalue weighted by molar-refractivity contribution is -0.385. The summed E-state index contributed by atoms with van der Waals surface area (Å²) in [6.07, 6.45) is 1.46. The largest absolute Gasteiger partial charge is 0.378 e. The number of anilines is 1. The first kappa shape index (κ1) is 13.5. The van der Waals surface area contributed by atoms with Gasteiger partial charge in [-0.1, -0.05) is 6.07 Å². The summed E-state index contributed by atoms with van der Waals surface area (Å²) in [7, 11) is 0. The Labute approximate surface area is 119 Å². The van der Waals surface area contributed by atoms with E-state index in [1.807, 2.05) is 0 Å². The molecule has 108 valence electrons. The van der Waals surface area contributed by atoms with Crippen molar-refractivity contribution in [2.75, 3.05) is 5.32 Å². The maximum Gasteiger partial charge on any atom is 0.274 e. The predicted molar refractivity (Wildman–Crippen MR) is 74.1 cm³/mol. The van der Waals surface area contributed by atoms with Gasteiger partial charge in [-0.05, 0) is 42.2 Å². The zero-order valence-corrected chi connectivity index (χ0v) is 11.0. The van der Waals surface area contributed by atoms with Gasteiger partial charge >= 0.3 is 0 Å². The van der Waals surface area contributed by atoms with E-state index in [-0.39, 0.29) is 17.5 Å².